The maximum Gasteiger partial charge on any atom is 0.410 e. The normalized spacial score (nSPS) is 22.3. The van der Waals surface area contributed by atoms with Crippen molar-refractivity contribution in [3.8, 4) is 0 Å². The van der Waals surface area contributed by atoms with Crippen molar-refractivity contribution in [2.24, 2.45) is 11.1 Å². The molecule has 0 bridgehead atoms. The Bertz CT molecular complexity index is 488. The molecule has 6 heteroatoms. The van der Waals surface area contributed by atoms with Crippen LogP contribution >= 0.6 is 0 Å². The van der Waals surface area contributed by atoms with Crippen LogP contribution in [0.5, 0.6) is 0 Å². The Morgan fingerprint density at radius 1 is 1.04 bits per heavy atom. The van der Waals surface area contributed by atoms with E-state index in [1.807, 2.05) is 20.8 Å². The van der Waals surface area contributed by atoms with Gasteiger partial charge >= 0.3 is 6.09 Å². The number of nitrogens with two attached hydrogens (primary N) is 1. The molecular weight excluding hydrogens is 354 g/mol. The summed E-state index contributed by atoms with van der Waals surface area (Å²) in [6.07, 6.45) is 5.28. The van der Waals surface area contributed by atoms with Gasteiger partial charge in [0.2, 0.25) is 0 Å². The largest absolute Gasteiger partial charge is 0.444 e. The second kappa shape index (κ2) is 9.77. The number of hydrogen-bond acceptors (Lipinski definition) is 5. The molecule has 6 nitrogen and oxygen atoms in total. The van der Waals surface area contributed by atoms with Crippen LogP contribution < -0.4 is 5.73 Å². The molecule has 0 aromatic carbocycles. The first-order valence-electron chi connectivity index (χ1n) is 11.0. The molecule has 0 aromatic heterocycles. The first-order chi connectivity index (χ1) is 12.9. The lowest BCUT2D eigenvalue weighted by molar-refractivity contribution is -0.0552. The maximum absolute atomic E-state index is 12.2. The molecule has 2 rings (SSSR count). The summed E-state index contributed by atoms with van der Waals surface area (Å²) in [5.74, 6) is 0. The van der Waals surface area contributed by atoms with Crippen molar-refractivity contribution in [3.05, 3.63) is 0 Å². The predicted octanol–water partition coefficient (Wildman–Crippen LogP) is 3.63. The lowest BCUT2D eigenvalue weighted by Crippen LogP contribution is -2.45. The highest BCUT2D eigenvalue weighted by Gasteiger charge is 2.30. The van der Waals surface area contributed by atoms with Gasteiger partial charge in [0.25, 0.3) is 0 Å². The van der Waals surface area contributed by atoms with Gasteiger partial charge in [-0.2, -0.15) is 0 Å². The third kappa shape index (κ3) is 8.26. The summed E-state index contributed by atoms with van der Waals surface area (Å²) >= 11 is 0. The van der Waals surface area contributed by atoms with Gasteiger partial charge in [0.1, 0.15) is 5.60 Å². The number of carbonyl (C=O) groups is 1. The van der Waals surface area contributed by atoms with Crippen LogP contribution in [0, 0.1) is 5.41 Å². The summed E-state index contributed by atoms with van der Waals surface area (Å²) in [6.45, 7) is 17.3. The second-order valence-corrected chi connectivity index (χ2v) is 10.6. The number of carbonyl (C=O) groups excluding carboxylic acids is 1. The minimum absolute atomic E-state index is 0.207. The number of hydrogen-bond donors (Lipinski definition) is 1. The number of nitrogens with zero attached hydrogens (tertiary/aromatic N) is 2. The van der Waals surface area contributed by atoms with Crippen LogP contribution in [0.25, 0.3) is 0 Å². The summed E-state index contributed by atoms with van der Waals surface area (Å²) < 4.78 is 11.8. The van der Waals surface area contributed by atoms with Gasteiger partial charge in [-0.1, -0.05) is 13.8 Å². The van der Waals surface area contributed by atoms with Crippen LogP contribution in [0.15, 0.2) is 0 Å². The zero-order chi connectivity index (χ0) is 20.9. The van der Waals surface area contributed by atoms with Crippen molar-refractivity contribution in [1.29, 1.82) is 0 Å². The van der Waals surface area contributed by atoms with Crippen LogP contribution in [0.1, 0.15) is 73.6 Å². The molecule has 2 heterocycles. The molecule has 0 radical (unpaired) electrons. The molecule has 1 amide bonds. The highest BCUT2D eigenvalue weighted by atomic mass is 16.6. The van der Waals surface area contributed by atoms with Gasteiger partial charge in [-0.3, -0.25) is 0 Å². The van der Waals surface area contributed by atoms with Gasteiger partial charge in [-0.05, 0) is 78.3 Å². The topological polar surface area (TPSA) is 68.0 Å². The average molecular weight is 398 g/mol. The molecule has 1 unspecified atom stereocenters. The summed E-state index contributed by atoms with van der Waals surface area (Å²) in [5.41, 5.74) is 5.80. The smallest absolute Gasteiger partial charge is 0.410 e. The average Bonchev–Trinajstić information content (AvgIpc) is 2.55. The molecule has 2 aliphatic rings. The van der Waals surface area contributed by atoms with E-state index in [0.29, 0.717) is 19.1 Å². The van der Waals surface area contributed by atoms with E-state index in [9.17, 15) is 4.79 Å². The quantitative estimate of drug-likeness (QED) is 0.741. The monoisotopic (exact) mass is 397 g/mol. The van der Waals surface area contributed by atoms with Crippen molar-refractivity contribution in [2.45, 2.75) is 97.5 Å². The van der Waals surface area contributed by atoms with Gasteiger partial charge in [-0.15, -0.1) is 0 Å². The third-order valence-corrected chi connectivity index (χ3v) is 5.64. The minimum Gasteiger partial charge on any atom is -0.444 e. The SMILES string of the molecule is CC(CC(C)(C)CN1CCC(N)CC1)OC1CCN(C(=O)OC(C)(C)C)CC1. The van der Waals surface area contributed by atoms with Crippen LogP contribution in [0.3, 0.4) is 0 Å². The van der Waals surface area contributed by atoms with E-state index in [4.69, 9.17) is 15.2 Å². The van der Waals surface area contributed by atoms with Gasteiger partial charge < -0.3 is 25.0 Å². The van der Waals surface area contributed by atoms with Crippen molar-refractivity contribution >= 4 is 6.09 Å². The molecule has 2 N–H and O–H groups in total. The number of amides is 1. The number of rotatable bonds is 6. The van der Waals surface area contributed by atoms with Gasteiger partial charge in [0.05, 0.1) is 12.2 Å². The maximum atomic E-state index is 12.2. The predicted molar refractivity (Wildman–Crippen MR) is 113 cm³/mol. The fourth-order valence-corrected chi connectivity index (χ4v) is 4.44. The molecule has 28 heavy (non-hydrogen) atoms. The Labute approximate surface area is 172 Å². The first-order valence-corrected chi connectivity index (χ1v) is 11.0. The Balaban J connectivity index is 1.70. The molecule has 164 valence electrons. The molecule has 0 aliphatic carbocycles. The van der Waals surface area contributed by atoms with Crippen molar-refractivity contribution in [2.75, 3.05) is 32.7 Å². The fraction of sp³-hybridized carbons (Fsp3) is 0.955. The molecule has 0 spiro atoms. The first kappa shape index (κ1) is 23.4. The van der Waals surface area contributed by atoms with Gasteiger partial charge in [-0.25, -0.2) is 4.79 Å². The zero-order valence-corrected chi connectivity index (χ0v) is 19.0. The van der Waals surface area contributed by atoms with Crippen LogP contribution in [-0.2, 0) is 9.47 Å². The number of piperidine rings is 2. The highest BCUT2D eigenvalue weighted by Crippen LogP contribution is 2.28. The number of ether oxygens (including phenoxy) is 2. The van der Waals surface area contributed by atoms with E-state index in [1.165, 1.54) is 0 Å². The third-order valence-electron chi connectivity index (χ3n) is 5.64. The van der Waals surface area contributed by atoms with Crippen LogP contribution in [0.4, 0.5) is 4.79 Å². The minimum atomic E-state index is -0.441. The number of likely N-dealkylation sites (tertiary alicyclic amines) is 2. The lowest BCUT2D eigenvalue weighted by atomic mass is 9.85. The van der Waals surface area contributed by atoms with E-state index < -0.39 is 5.60 Å². The van der Waals surface area contributed by atoms with Gasteiger partial charge in [0.15, 0.2) is 0 Å². The Morgan fingerprint density at radius 3 is 2.14 bits per heavy atom. The van der Waals surface area contributed by atoms with Crippen LogP contribution in [-0.4, -0.2) is 72.5 Å². The van der Waals surface area contributed by atoms with Crippen molar-refractivity contribution < 1.29 is 14.3 Å². The molecule has 2 saturated heterocycles. The molecule has 2 fully saturated rings. The molecule has 0 saturated carbocycles. The highest BCUT2D eigenvalue weighted by molar-refractivity contribution is 5.68. The summed E-state index contributed by atoms with van der Waals surface area (Å²) in [4.78, 5) is 16.5. The Morgan fingerprint density at radius 2 is 1.61 bits per heavy atom. The van der Waals surface area contributed by atoms with Gasteiger partial charge in [0, 0.05) is 25.7 Å². The molecular formula is C22H43N3O3. The zero-order valence-electron chi connectivity index (χ0n) is 19.0. The van der Waals surface area contributed by atoms with E-state index in [-0.39, 0.29) is 23.7 Å². The van der Waals surface area contributed by atoms with Crippen molar-refractivity contribution in [1.82, 2.24) is 9.80 Å². The molecule has 1 atom stereocenters. The lowest BCUT2D eigenvalue weighted by Gasteiger charge is -2.39. The van der Waals surface area contributed by atoms with Crippen molar-refractivity contribution in [3.63, 3.8) is 0 Å². The fourth-order valence-electron chi connectivity index (χ4n) is 4.44. The van der Waals surface area contributed by atoms with E-state index in [2.05, 4.69) is 25.7 Å². The molecule has 0 aromatic rings. The summed E-state index contributed by atoms with van der Waals surface area (Å²) in [6, 6.07) is 0.383. The Kier molecular flexibility index (Phi) is 8.17. The Hall–Kier alpha value is -0.850. The van der Waals surface area contributed by atoms with Crippen LogP contribution in [0.2, 0.25) is 0 Å². The standard InChI is InChI=1S/C22H43N3O3/c1-17(15-22(5,6)16-24-11-7-18(23)8-12-24)27-19-9-13-25(14-10-19)20(26)28-21(2,3)4/h17-19H,7-16,23H2,1-6H3. The second-order valence-electron chi connectivity index (χ2n) is 10.6. The molecule has 2 aliphatic heterocycles. The summed E-state index contributed by atoms with van der Waals surface area (Å²) in [5, 5.41) is 0. The van der Waals surface area contributed by atoms with E-state index in [0.717, 1.165) is 51.7 Å². The van der Waals surface area contributed by atoms with E-state index >= 15 is 0 Å². The van der Waals surface area contributed by atoms with E-state index in [1.54, 1.807) is 4.90 Å². The summed E-state index contributed by atoms with van der Waals surface area (Å²) in [7, 11) is 0.